The fraction of sp³-hybridized carbons (Fsp3) is 0. The monoisotopic (exact) mass is 434 g/mol. The number of para-hydroxylation sites is 1. The van der Waals surface area contributed by atoms with Crippen LogP contribution in [0.5, 0.6) is 0 Å². The van der Waals surface area contributed by atoms with E-state index in [9.17, 15) is 0 Å². The molecule has 0 radical (unpaired) electrons. The Hall–Kier alpha value is -2.62. The lowest BCUT2D eigenvalue weighted by Gasteiger charge is -2.10. The fourth-order valence-electron chi connectivity index (χ4n) is 3.67. The molecule has 0 saturated heterocycles. The van der Waals surface area contributed by atoms with E-state index in [2.05, 4.69) is 15.9 Å². The normalized spacial score (nSPS) is 15.5. The third kappa shape index (κ3) is 2.16. The van der Waals surface area contributed by atoms with Crippen LogP contribution < -0.4 is 0 Å². The minimum absolute atomic E-state index is 0.0767. The zero-order chi connectivity index (χ0) is 24.0. The summed E-state index contributed by atoms with van der Waals surface area (Å²) >= 11 is 4.87. The van der Waals surface area contributed by atoms with Crippen molar-refractivity contribution in [2.45, 2.75) is 0 Å². The highest BCUT2D eigenvalue weighted by Crippen LogP contribution is 2.40. The molecule has 0 amide bonds. The van der Waals surface area contributed by atoms with Gasteiger partial charge in [0.2, 0.25) is 0 Å². The summed E-state index contributed by atoms with van der Waals surface area (Å²) in [5, 5.41) is 2.30. The standard InChI is InChI=1S/C24H14BrNS/c25-15-12-13-20-18(14-15)16-6-1-3-8-19(16)26(20)21-9-5-11-23-24(21)17-7-2-4-10-22(17)27-23/h1-14H/i1D,3D,6D,8D,12D,13D,14D. The third-order valence-corrected chi connectivity index (χ3v) is 6.28. The highest BCUT2D eigenvalue weighted by Gasteiger charge is 2.16. The van der Waals surface area contributed by atoms with E-state index in [4.69, 9.17) is 9.60 Å². The van der Waals surface area contributed by atoms with E-state index < -0.39 is 6.04 Å². The summed E-state index contributed by atoms with van der Waals surface area (Å²) in [7, 11) is 0. The van der Waals surface area contributed by atoms with Gasteiger partial charge < -0.3 is 4.57 Å². The van der Waals surface area contributed by atoms with Gasteiger partial charge in [0.15, 0.2) is 0 Å². The number of rotatable bonds is 1. The van der Waals surface area contributed by atoms with Gasteiger partial charge in [-0.05, 0) is 42.4 Å². The van der Waals surface area contributed by atoms with Crippen LogP contribution in [0.3, 0.4) is 0 Å². The molecule has 3 heteroatoms. The molecule has 0 aliphatic carbocycles. The first-order valence-electron chi connectivity index (χ1n) is 11.8. The number of halogens is 1. The molecule has 0 saturated carbocycles. The van der Waals surface area contributed by atoms with Gasteiger partial charge in [-0.25, -0.2) is 0 Å². The quantitative estimate of drug-likeness (QED) is 0.247. The average Bonchev–Trinajstić information content (AvgIpc) is 3.40. The summed E-state index contributed by atoms with van der Waals surface area (Å²) in [4.78, 5) is 0. The highest BCUT2D eigenvalue weighted by atomic mass is 79.9. The van der Waals surface area contributed by atoms with Gasteiger partial charge in [-0.2, -0.15) is 0 Å². The van der Waals surface area contributed by atoms with Crippen molar-refractivity contribution in [1.82, 2.24) is 4.57 Å². The SMILES string of the molecule is [2H]c1c([2H])c([2H])c2c(c1[2H])c1c([2H])c(Br)c([2H])c([2H])c1n2-c1cccc2sc3ccccc3c12. The second-order valence-electron chi connectivity index (χ2n) is 6.22. The van der Waals surface area contributed by atoms with Crippen molar-refractivity contribution in [2.75, 3.05) is 0 Å². The summed E-state index contributed by atoms with van der Waals surface area (Å²) in [5.41, 5.74) is 1.07. The molecule has 2 heterocycles. The van der Waals surface area contributed by atoms with Crippen molar-refractivity contribution in [2.24, 2.45) is 0 Å². The van der Waals surface area contributed by atoms with E-state index in [0.717, 1.165) is 20.2 Å². The molecule has 1 nitrogen and oxygen atoms in total. The van der Waals surface area contributed by atoms with E-state index >= 15 is 0 Å². The van der Waals surface area contributed by atoms with Crippen molar-refractivity contribution in [3.63, 3.8) is 0 Å². The first-order chi connectivity index (χ1) is 16.2. The van der Waals surface area contributed by atoms with Crippen molar-refractivity contribution < 1.29 is 9.60 Å². The molecular formula is C24H14BrNS. The number of thiophene rings is 1. The van der Waals surface area contributed by atoms with Crippen LogP contribution in [0.1, 0.15) is 9.60 Å². The minimum atomic E-state index is -0.396. The molecule has 4 aromatic carbocycles. The lowest BCUT2D eigenvalue weighted by Crippen LogP contribution is -1.94. The van der Waals surface area contributed by atoms with Crippen LogP contribution in [-0.4, -0.2) is 4.57 Å². The molecule has 0 aliphatic heterocycles. The summed E-state index contributed by atoms with van der Waals surface area (Å²) < 4.78 is 63.7. The van der Waals surface area contributed by atoms with Crippen molar-refractivity contribution in [3.05, 3.63) is 89.2 Å². The van der Waals surface area contributed by atoms with Gasteiger partial charge in [-0.1, -0.05) is 58.3 Å². The van der Waals surface area contributed by atoms with Crippen molar-refractivity contribution in [1.29, 1.82) is 0 Å². The molecule has 2 aromatic heterocycles. The maximum atomic E-state index is 8.80. The molecular weight excluding hydrogens is 414 g/mol. The number of benzene rings is 4. The number of aromatic nitrogens is 1. The zero-order valence-corrected chi connectivity index (χ0v) is 16.2. The van der Waals surface area contributed by atoms with Gasteiger partial charge in [0.05, 0.1) is 26.3 Å². The van der Waals surface area contributed by atoms with Crippen molar-refractivity contribution in [3.8, 4) is 5.69 Å². The first kappa shape index (κ1) is 10.1. The lowest BCUT2D eigenvalue weighted by atomic mass is 10.1. The summed E-state index contributed by atoms with van der Waals surface area (Å²) in [5.74, 6) is 0. The Kier molecular flexibility index (Phi) is 2.12. The molecule has 0 N–H and O–H groups in total. The Morgan fingerprint density at radius 1 is 0.778 bits per heavy atom. The van der Waals surface area contributed by atoms with Crippen molar-refractivity contribution >= 4 is 69.2 Å². The molecule has 0 atom stereocenters. The van der Waals surface area contributed by atoms with Gasteiger partial charge in [-0.3, -0.25) is 0 Å². The topological polar surface area (TPSA) is 4.93 Å². The van der Waals surface area contributed by atoms with Gasteiger partial charge in [0.25, 0.3) is 0 Å². The molecule has 0 fully saturated rings. The fourth-order valence-corrected chi connectivity index (χ4v) is 5.10. The van der Waals surface area contributed by atoms with Gasteiger partial charge >= 0.3 is 0 Å². The predicted molar refractivity (Wildman–Crippen MR) is 121 cm³/mol. The second-order valence-corrected chi connectivity index (χ2v) is 8.10. The summed E-state index contributed by atoms with van der Waals surface area (Å²) in [6.45, 7) is 0. The van der Waals surface area contributed by atoms with E-state index in [1.807, 2.05) is 42.5 Å². The van der Waals surface area contributed by atoms with E-state index in [0.29, 0.717) is 5.69 Å². The van der Waals surface area contributed by atoms with Gasteiger partial charge in [0.1, 0.15) is 0 Å². The lowest BCUT2D eigenvalue weighted by molar-refractivity contribution is 1.20. The largest absolute Gasteiger partial charge is 0.309 e. The molecule has 0 bridgehead atoms. The third-order valence-electron chi connectivity index (χ3n) is 4.75. The van der Waals surface area contributed by atoms with E-state index in [1.54, 1.807) is 15.9 Å². The molecule has 6 rings (SSSR count). The zero-order valence-electron chi connectivity index (χ0n) is 20.8. The van der Waals surface area contributed by atoms with Crippen LogP contribution in [0, 0.1) is 0 Å². The minimum Gasteiger partial charge on any atom is -0.309 e. The van der Waals surface area contributed by atoms with Crippen LogP contribution in [0.15, 0.2) is 89.2 Å². The Morgan fingerprint density at radius 3 is 2.56 bits per heavy atom. The van der Waals surface area contributed by atoms with Crippen LogP contribution in [0.25, 0.3) is 47.7 Å². The van der Waals surface area contributed by atoms with Crippen LogP contribution in [0.4, 0.5) is 0 Å². The number of hydrogen-bond acceptors (Lipinski definition) is 1. The molecule has 6 aromatic rings. The average molecular weight is 435 g/mol. The Labute approximate surface area is 178 Å². The van der Waals surface area contributed by atoms with Crippen LogP contribution in [-0.2, 0) is 0 Å². The molecule has 0 unspecified atom stereocenters. The number of nitrogens with zero attached hydrogens (tertiary/aromatic N) is 1. The Morgan fingerprint density at radius 2 is 1.59 bits per heavy atom. The first-order valence-corrected chi connectivity index (χ1v) is 9.95. The Bertz CT molecular complexity index is 1780. The molecule has 128 valence electrons. The Balaban J connectivity index is 1.99. The summed E-state index contributed by atoms with van der Waals surface area (Å²) in [6.07, 6.45) is 0. The molecule has 0 aliphatic rings. The second kappa shape index (κ2) is 5.69. The maximum absolute atomic E-state index is 8.80. The number of fused-ring (bicyclic) bond motifs is 6. The van der Waals surface area contributed by atoms with E-state index in [1.165, 1.54) is 0 Å². The molecule has 27 heavy (non-hydrogen) atoms. The summed E-state index contributed by atoms with van der Waals surface area (Å²) in [6, 6.07) is 12.0. The highest BCUT2D eigenvalue weighted by molar-refractivity contribution is 9.10. The van der Waals surface area contributed by atoms with Gasteiger partial charge in [0, 0.05) is 35.4 Å². The van der Waals surface area contributed by atoms with Crippen LogP contribution >= 0.6 is 27.3 Å². The number of hydrogen-bond donors (Lipinski definition) is 0. The predicted octanol–water partition coefficient (Wildman–Crippen LogP) is 7.91. The van der Waals surface area contributed by atoms with Gasteiger partial charge in [-0.15, -0.1) is 11.3 Å². The van der Waals surface area contributed by atoms with Crippen LogP contribution in [0.2, 0.25) is 0 Å². The smallest absolute Gasteiger partial charge is 0.0646 e. The van der Waals surface area contributed by atoms with E-state index in [-0.39, 0.29) is 62.5 Å². The maximum Gasteiger partial charge on any atom is 0.0646 e. The molecule has 0 spiro atoms.